The molecule has 1 aromatic heterocycles. The summed E-state index contributed by atoms with van der Waals surface area (Å²) in [5, 5.41) is 3.94. The lowest BCUT2D eigenvalue weighted by Gasteiger charge is -2.06. The van der Waals surface area contributed by atoms with Gasteiger partial charge in [0.25, 0.3) is 0 Å². The maximum absolute atomic E-state index is 12.2. The van der Waals surface area contributed by atoms with E-state index >= 15 is 0 Å². The van der Waals surface area contributed by atoms with Crippen LogP contribution < -0.4 is 9.46 Å². The molecule has 0 aliphatic rings. The van der Waals surface area contributed by atoms with Gasteiger partial charge in [-0.2, -0.15) is 4.98 Å². The van der Waals surface area contributed by atoms with Crippen molar-refractivity contribution in [3.8, 4) is 17.1 Å². The van der Waals surface area contributed by atoms with Crippen LogP contribution in [0, 0.1) is 6.92 Å². The van der Waals surface area contributed by atoms with E-state index in [1.165, 1.54) is 0 Å². The Kier molecular flexibility index (Phi) is 5.88. The minimum atomic E-state index is -3.44. The molecule has 0 amide bonds. The normalized spacial score (nSPS) is 11.5. The third kappa shape index (κ3) is 5.15. The Morgan fingerprint density at radius 1 is 1.15 bits per heavy atom. The molecular weight excluding hydrogens is 366 g/mol. The van der Waals surface area contributed by atoms with Gasteiger partial charge in [-0.25, -0.2) is 13.1 Å². The second-order valence-corrected chi connectivity index (χ2v) is 7.91. The van der Waals surface area contributed by atoms with E-state index < -0.39 is 10.0 Å². The first-order chi connectivity index (χ1) is 13.0. The minimum Gasteiger partial charge on any atom is -0.496 e. The van der Waals surface area contributed by atoms with Crippen LogP contribution >= 0.6 is 0 Å². The van der Waals surface area contributed by atoms with Gasteiger partial charge in [-0.1, -0.05) is 47.1 Å². The topological polar surface area (TPSA) is 94.3 Å². The maximum atomic E-state index is 12.2. The van der Waals surface area contributed by atoms with Crippen molar-refractivity contribution in [3.63, 3.8) is 0 Å². The summed E-state index contributed by atoms with van der Waals surface area (Å²) in [4.78, 5) is 4.31. The number of rotatable bonds is 8. The lowest BCUT2D eigenvalue weighted by atomic mass is 10.2. The Morgan fingerprint density at radius 2 is 1.96 bits per heavy atom. The number of ether oxygens (including phenoxy) is 1. The van der Waals surface area contributed by atoms with Gasteiger partial charge in [0.05, 0.1) is 18.4 Å². The molecule has 0 bridgehead atoms. The molecule has 0 unspecified atom stereocenters. The van der Waals surface area contributed by atoms with Crippen LogP contribution in [0.5, 0.6) is 5.75 Å². The Labute approximate surface area is 158 Å². The first-order valence-corrected chi connectivity index (χ1v) is 10.1. The zero-order valence-electron chi connectivity index (χ0n) is 15.2. The molecule has 0 fully saturated rings. The van der Waals surface area contributed by atoms with Crippen molar-refractivity contribution in [1.29, 1.82) is 0 Å². The van der Waals surface area contributed by atoms with Crippen molar-refractivity contribution in [3.05, 3.63) is 65.5 Å². The summed E-state index contributed by atoms with van der Waals surface area (Å²) in [6, 6.07) is 14.8. The van der Waals surface area contributed by atoms with Crippen molar-refractivity contribution in [2.75, 3.05) is 13.7 Å². The number of nitrogens with one attached hydrogen (secondary N) is 1. The van der Waals surface area contributed by atoms with Crippen molar-refractivity contribution < 1.29 is 17.7 Å². The second-order valence-electron chi connectivity index (χ2n) is 6.10. The smallest absolute Gasteiger partial charge is 0.228 e. The van der Waals surface area contributed by atoms with E-state index in [-0.39, 0.29) is 12.3 Å². The molecule has 3 aromatic rings. The van der Waals surface area contributed by atoms with Crippen molar-refractivity contribution >= 4 is 10.0 Å². The number of benzene rings is 2. The molecule has 1 heterocycles. The Bertz CT molecular complexity index is 1020. The molecule has 142 valence electrons. The standard InChI is InChI=1S/C19H21N3O4S/c1-14-6-5-7-15(12-14)13-27(23,24)20-11-10-18-21-19(22-26-18)16-8-3-4-9-17(16)25-2/h3-9,12,20H,10-11,13H2,1-2H3. The molecule has 0 aliphatic carbocycles. The summed E-state index contributed by atoms with van der Waals surface area (Å²) in [7, 11) is -1.87. The SMILES string of the molecule is COc1ccccc1-c1noc(CCNS(=O)(=O)Cc2cccc(C)c2)n1. The zero-order valence-corrected chi connectivity index (χ0v) is 16.0. The molecule has 3 rings (SSSR count). The second kappa shape index (κ2) is 8.32. The van der Waals surface area contributed by atoms with E-state index in [0.717, 1.165) is 16.7 Å². The average molecular weight is 387 g/mol. The first kappa shape index (κ1) is 19.1. The third-order valence-corrected chi connectivity index (χ3v) is 5.27. The van der Waals surface area contributed by atoms with E-state index in [2.05, 4.69) is 14.9 Å². The van der Waals surface area contributed by atoms with Crippen molar-refractivity contribution in [2.45, 2.75) is 19.1 Å². The molecule has 7 nitrogen and oxygen atoms in total. The molecule has 1 N–H and O–H groups in total. The Morgan fingerprint density at radius 3 is 2.74 bits per heavy atom. The molecule has 0 radical (unpaired) electrons. The number of sulfonamides is 1. The maximum Gasteiger partial charge on any atom is 0.228 e. The highest BCUT2D eigenvalue weighted by Crippen LogP contribution is 2.27. The van der Waals surface area contributed by atoms with Crippen molar-refractivity contribution in [2.24, 2.45) is 0 Å². The lowest BCUT2D eigenvalue weighted by Crippen LogP contribution is -2.27. The van der Waals surface area contributed by atoms with Crippen LogP contribution in [0.2, 0.25) is 0 Å². The van der Waals surface area contributed by atoms with Gasteiger partial charge < -0.3 is 9.26 Å². The van der Waals surface area contributed by atoms with Gasteiger partial charge in [0.1, 0.15) is 5.75 Å². The monoisotopic (exact) mass is 387 g/mol. The van der Waals surface area contributed by atoms with Crippen LogP contribution in [0.1, 0.15) is 17.0 Å². The highest BCUT2D eigenvalue weighted by atomic mass is 32.2. The summed E-state index contributed by atoms with van der Waals surface area (Å²) in [6.07, 6.45) is 0.301. The van der Waals surface area contributed by atoms with E-state index in [4.69, 9.17) is 9.26 Å². The third-order valence-electron chi connectivity index (χ3n) is 3.92. The van der Waals surface area contributed by atoms with Gasteiger partial charge in [-0.3, -0.25) is 0 Å². The fraction of sp³-hybridized carbons (Fsp3) is 0.263. The van der Waals surface area contributed by atoms with Crippen LogP contribution in [0.25, 0.3) is 11.4 Å². The van der Waals surface area contributed by atoms with Gasteiger partial charge in [0.2, 0.25) is 21.7 Å². The largest absolute Gasteiger partial charge is 0.496 e. The number of hydrogen-bond acceptors (Lipinski definition) is 6. The number of aryl methyl sites for hydroxylation is 1. The molecule has 0 saturated carbocycles. The number of nitrogens with zero attached hydrogens (tertiary/aromatic N) is 2. The molecule has 0 atom stereocenters. The predicted octanol–water partition coefficient (Wildman–Crippen LogP) is 2.72. The number of para-hydroxylation sites is 1. The average Bonchev–Trinajstić information content (AvgIpc) is 3.10. The molecule has 0 aliphatic heterocycles. The van der Waals surface area contributed by atoms with Crippen LogP contribution in [0.15, 0.2) is 53.1 Å². The van der Waals surface area contributed by atoms with Gasteiger partial charge in [0, 0.05) is 13.0 Å². The van der Waals surface area contributed by atoms with Crippen LogP contribution in [0.4, 0.5) is 0 Å². The van der Waals surface area contributed by atoms with Crippen LogP contribution in [0.3, 0.4) is 0 Å². The Balaban J connectivity index is 1.59. The molecular formula is C19H21N3O4S. The lowest BCUT2D eigenvalue weighted by molar-refractivity contribution is 0.378. The first-order valence-electron chi connectivity index (χ1n) is 8.46. The van der Waals surface area contributed by atoms with Crippen LogP contribution in [-0.2, 0) is 22.2 Å². The molecule has 0 saturated heterocycles. The fourth-order valence-corrected chi connectivity index (χ4v) is 3.81. The molecule has 0 spiro atoms. The van der Waals surface area contributed by atoms with E-state index in [9.17, 15) is 8.42 Å². The van der Waals surface area contributed by atoms with E-state index in [1.807, 2.05) is 49.4 Å². The molecule has 27 heavy (non-hydrogen) atoms. The highest BCUT2D eigenvalue weighted by Gasteiger charge is 2.15. The van der Waals surface area contributed by atoms with Crippen LogP contribution in [-0.4, -0.2) is 32.2 Å². The minimum absolute atomic E-state index is 0.0645. The number of hydrogen-bond donors (Lipinski definition) is 1. The molecule has 2 aromatic carbocycles. The van der Waals surface area contributed by atoms with E-state index in [1.54, 1.807) is 13.2 Å². The van der Waals surface area contributed by atoms with E-state index in [0.29, 0.717) is 23.9 Å². The van der Waals surface area contributed by atoms with Gasteiger partial charge in [-0.05, 0) is 24.6 Å². The summed E-state index contributed by atoms with van der Waals surface area (Å²) in [5.74, 6) is 1.34. The summed E-state index contributed by atoms with van der Waals surface area (Å²) >= 11 is 0. The summed E-state index contributed by atoms with van der Waals surface area (Å²) < 4.78 is 37.5. The predicted molar refractivity (Wildman–Crippen MR) is 102 cm³/mol. The summed E-state index contributed by atoms with van der Waals surface area (Å²) in [5.41, 5.74) is 2.49. The van der Waals surface area contributed by atoms with Gasteiger partial charge in [0.15, 0.2) is 0 Å². The van der Waals surface area contributed by atoms with Crippen molar-refractivity contribution in [1.82, 2.24) is 14.9 Å². The van der Waals surface area contributed by atoms with Gasteiger partial charge >= 0.3 is 0 Å². The number of methoxy groups -OCH3 is 1. The zero-order chi connectivity index (χ0) is 19.3. The molecule has 8 heteroatoms. The van der Waals surface area contributed by atoms with Gasteiger partial charge in [-0.15, -0.1) is 0 Å². The number of aromatic nitrogens is 2. The Hall–Kier alpha value is -2.71. The summed E-state index contributed by atoms with van der Waals surface area (Å²) in [6.45, 7) is 2.11. The fourth-order valence-electron chi connectivity index (χ4n) is 2.68. The quantitative estimate of drug-likeness (QED) is 0.639. The highest BCUT2D eigenvalue weighted by molar-refractivity contribution is 7.88.